The van der Waals surface area contributed by atoms with Gasteiger partial charge in [-0.15, -0.1) is 0 Å². The average molecular weight is 187 g/mol. The number of amides is 1. The lowest BCUT2D eigenvalue weighted by Gasteiger charge is -2.07. The molecule has 0 saturated heterocycles. The Balaban J connectivity index is 1.94. The zero-order valence-electron chi connectivity index (χ0n) is 7.70. The number of hydrogen-bond acceptors (Lipinski definition) is 3. The number of carbonyl (C=O) groups is 1. The molecule has 1 aliphatic carbocycles. The minimum Gasteiger partial charge on any atom is -0.394 e. The summed E-state index contributed by atoms with van der Waals surface area (Å²) in [5.74, 6) is 0.662. The van der Waals surface area contributed by atoms with Gasteiger partial charge in [0.25, 0.3) is 0 Å². The first-order valence-electron chi connectivity index (χ1n) is 4.78. The summed E-state index contributed by atoms with van der Waals surface area (Å²) in [6.45, 7) is 0.214. The Morgan fingerprint density at radius 3 is 2.77 bits per heavy atom. The fourth-order valence-electron chi connectivity index (χ4n) is 1.13. The number of hydrogen-bond donors (Lipinski definition) is 3. The summed E-state index contributed by atoms with van der Waals surface area (Å²) in [5.41, 5.74) is 0. The summed E-state index contributed by atoms with van der Waals surface area (Å²) in [6.07, 6.45) is 2.68. The minimum atomic E-state index is -0.707. The number of carbonyl (C=O) groups excluding carboxylic acids is 1. The van der Waals surface area contributed by atoms with Crippen LogP contribution < -0.4 is 5.32 Å². The van der Waals surface area contributed by atoms with E-state index in [1.54, 1.807) is 0 Å². The Bertz CT molecular complexity index is 168. The maximum atomic E-state index is 11.1. The van der Waals surface area contributed by atoms with Crippen molar-refractivity contribution in [1.29, 1.82) is 0 Å². The Morgan fingerprint density at radius 1 is 1.54 bits per heavy atom. The Kier molecular flexibility index (Phi) is 4.18. The molecule has 4 heteroatoms. The predicted octanol–water partition coefficient (Wildman–Crippen LogP) is -0.354. The number of aliphatic hydroxyl groups is 2. The van der Waals surface area contributed by atoms with Crippen molar-refractivity contribution < 1.29 is 15.0 Å². The van der Waals surface area contributed by atoms with E-state index in [-0.39, 0.29) is 12.5 Å². The van der Waals surface area contributed by atoms with Gasteiger partial charge in [-0.3, -0.25) is 4.79 Å². The highest BCUT2D eigenvalue weighted by Gasteiger charge is 2.23. The van der Waals surface area contributed by atoms with Gasteiger partial charge in [0.2, 0.25) is 5.91 Å². The van der Waals surface area contributed by atoms with Crippen LogP contribution in [-0.4, -0.2) is 35.4 Å². The first-order valence-corrected chi connectivity index (χ1v) is 4.78. The highest BCUT2D eigenvalue weighted by atomic mass is 16.3. The SMILES string of the molecule is O=C(CC1CC1)NCCC(O)CO. The van der Waals surface area contributed by atoms with Gasteiger partial charge in [-0.05, 0) is 25.2 Å². The second-order valence-electron chi connectivity index (χ2n) is 3.62. The smallest absolute Gasteiger partial charge is 0.220 e. The van der Waals surface area contributed by atoms with Crippen molar-refractivity contribution in [3.63, 3.8) is 0 Å². The fourth-order valence-corrected chi connectivity index (χ4v) is 1.13. The van der Waals surface area contributed by atoms with Gasteiger partial charge >= 0.3 is 0 Å². The van der Waals surface area contributed by atoms with Crippen molar-refractivity contribution in [3.8, 4) is 0 Å². The fraction of sp³-hybridized carbons (Fsp3) is 0.889. The van der Waals surface area contributed by atoms with Crippen LogP contribution in [0, 0.1) is 5.92 Å². The molecule has 0 aromatic rings. The first-order chi connectivity index (χ1) is 6.22. The molecule has 0 bridgehead atoms. The highest BCUT2D eigenvalue weighted by Crippen LogP contribution is 2.31. The summed E-state index contributed by atoms with van der Waals surface area (Å²) in [4.78, 5) is 11.1. The van der Waals surface area contributed by atoms with E-state index in [1.165, 1.54) is 12.8 Å². The second-order valence-corrected chi connectivity index (χ2v) is 3.62. The van der Waals surface area contributed by atoms with Crippen molar-refractivity contribution in [1.82, 2.24) is 5.32 Å². The molecular formula is C9H17NO3. The molecule has 0 spiro atoms. The maximum absolute atomic E-state index is 11.1. The summed E-state index contributed by atoms with van der Waals surface area (Å²) in [6, 6.07) is 0. The Labute approximate surface area is 78.0 Å². The second kappa shape index (κ2) is 5.19. The van der Waals surface area contributed by atoms with Crippen LogP contribution in [0.5, 0.6) is 0 Å². The quantitative estimate of drug-likeness (QED) is 0.532. The van der Waals surface area contributed by atoms with Gasteiger partial charge in [-0.2, -0.15) is 0 Å². The van der Waals surface area contributed by atoms with Crippen molar-refractivity contribution >= 4 is 5.91 Å². The van der Waals surface area contributed by atoms with Gasteiger partial charge in [-0.25, -0.2) is 0 Å². The van der Waals surface area contributed by atoms with Crippen LogP contribution in [0.1, 0.15) is 25.7 Å². The van der Waals surface area contributed by atoms with Crippen LogP contribution in [0.4, 0.5) is 0 Å². The number of nitrogens with one attached hydrogen (secondary N) is 1. The molecule has 0 aromatic carbocycles. The van der Waals surface area contributed by atoms with Gasteiger partial charge < -0.3 is 15.5 Å². The zero-order valence-corrected chi connectivity index (χ0v) is 7.70. The van der Waals surface area contributed by atoms with Gasteiger partial charge in [0.1, 0.15) is 0 Å². The first kappa shape index (κ1) is 10.5. The van der Waals surface area contributed by atoms with Crippen LogP contribution in [0.2, 0.25) is 0 Å². The van der Waals surface area contributed by atoms with Gasteiger partial charge in [0, 0.05) is 13.0 Å². The molecule has 1 saturated carbocycles. The highest BCUT2D eigenvalue weighted by molar-refractivity contribution is 5.76. The van der Waals surface area contributed by atoms with Crippen LogP contribution in [0.3, 0.4) is 0 Å². The summed E-state index contributed by atoms with van der Waals surface area (Å²) in [7, 11) is 0. The van der Waals surface area contributed by atoms with Crippen LogP contribution in [0.25, 0.3) is 0 Å². The molecule has 1 rings (SSSR count). The molecule has 4 nitrogen and oxygen atoms in total. The molecule has 0 aliphatic heterocycles. The van der Waals surface area contributed by atoms with E-state index in [0.717, 1.165) is 0 Å². The van der Waals surface area contributed by atoms with Crippen LogP contribution in [-0.2, 0) is 4.79 Å². The Hall–Kier alpha value is -0.610. The molecule has 1 amide bonds. The molecule has 3 N–H and O–H groups in total. The van der Waals surface area contributed by atoms with Crippen molar-refractivity contribution in [3.05, 3.63) is 0 Å². The summed E-state index contributed by atoms with van der Waals surface area (Å²) >= 11 is 0. The average Bonchev–Trinajstić information content (AvgIpc) is 2.88. The third-order valence-electron chi connectivity index (χ3n) is 2.18. The van der Waals surface area contributed by atoms with E-state index < -0.39 is 6.10 Å². The van der Waals surface area contributed by atoms with Crippen LogP contribution in [0.15, 0.2) is 0 Å². The van der Waals surface area contributed by atoms with Gasteiger partial charge in [-0.1, -0.05) is 0 Å². The Morgan fingerprint density at radius 2 is 2.23 bits per heavy atom. The van der Waals surface area contributed by atoms with Crippen molar-refractivity contribution in [2.45, 2.75) is 31.8 Å². The molecule has 1 atom stereocenters. The molecule has 0 aromatic heterocycles. The molecule has 13 heavy (non-hydrogen) atoms. The molecule has 76 valence electrons. The lowest BCUT2D eigenvalue weighted by Crippen LogP contribution is -2.28. The standard InChI is InChI=1S/C9H17NO3/c11-6-8(12)3-4-10-9(13)5-7-1-2-7/h7-8,11-12H,1-6H2,(H,10,13). The van der Waals surface area contributed by atoms with E-state index in [1.807, 2.05) is 0 Å². The maximum Gasteiger partial charge on any atom is 0.220 e. The molecule has 1 unspecified atom stereocenters. The largest absolute Gasteiger partial charge is 0.394 e. The van der Waals surface area contributed by atoms with Gasteiger partial charge in [0.05, 0.1) is 12.7 Å². The topological polar surface area (TPSA) is 69.6 Å². The van der Waals surface area contributed by atoms with Crippen LogP contribution >= 0.6 is 0 Å². The summed E-state index contributed by atoms with van der Waals surface area (Å²) < 4.78 is 0. The zero-order chi connectivity index (χ0) is 9.68. The molecule has 1 fully saturated rings. The van der Waals surface area contributed by atoms with Crippen molar-refractivity contribution in [2.24, 2.45) is 5.92 Å². The van der Waals surface area contributed by atoms with Crippen molar-refractivity contribution in [2.75, 3.05) is 13.2 Å². The number of aliphatic hydroxyl groups excluding tert-OH is 2. The van der Waals surface area contributed by atoms with E-state index in [0.29, 0.717) is 25.3 Å². The minimum absolute atomic E-state index is 0.0626. The predicted molar refractivity (Wildman–Crippen MR) is 48.1 cm³/mol. The lowest BCUT2D eigenvalue weighted by atomic mass is 10.2. The van der Waals surface area contributed by atoms with Gasteiger partial charge in [0.15, 0.2) is 0 Å². The summed E-state index contributed by atoms with van der Waals surface area (Å²) in [5, 5.41) is 20.2. The lowest BCUT2D eigenvalue weighted by molar-refractivity contribution is -0.121. The molecular weight excluding hydrogens is 170 g/mol. The van der Waals surface area contributed by atoms with E-state index in [9.17, 15) is 4.79 Å². The van der Waals surface area contributed by atoms with E-state index >= 15 is 0 Å². The molecule has 0 heterocycles. The monoisotopic (exact) mass is 187 g/mol. The number of rotatable bonds is 6. The third-order valence-corrected chi connectivity index (χ3v) is 2.18. The van der Waals surface area contributed by atoms with E-state index in [4.69, 9.17) is 10.2 Å². The third kappa shape index (κ3) is 4.85. The molecule has 1 aliphatic rings. The normalized spacial score (nSPS) is 18.3. The molecule has 0 radical (unpaired) electrons. The van der Waals surface area contributed by atoms with E-state index in [2.05, 4.69) is 5.32 Å².